The van der Waals surface area contributed by atoms with Crippen LogP contribution in [0.15, 0.2) is 12.3 Å². The zero-order valence-electron chi connectivity index (χ0n) is 7.99. The average Bonchev–Trinajstić information content (AvgIpc) is 2.52. The quantitative estimate of drug-likeness (QED) is 0.707. The molecule has 0 saturated carbocycles. The lowest BCUT2D eigenvalue weighted by Gasteiger charge is -2.03. The van der Waals surface area contributed by atoms with Crippen LogP contribution in [0.25, 0.3) is 0 Å². The highest BCUT2D eigenvalue weighted by Gasteiger charge is 2.08. The van der Waals surface area contributed by atoms with Crippen molar-refractivity contribution in [1.29, 1.82) is 0 Å². The van der Waals surface area contributed by atoms with E-state index in [9.17, 15) is 5.11 Å². The lowest BCUT2D eigenvalue weighted by atomic mass is 10.1. The Labute approximate surface area is 78.4 Å². The molecule has 1 N–H and O–H groups in total. The minimum absolute atomic E-state index is 0.484. The fourth-order valence-corrected chi connectivity index (χ4v) is 1.09. The Hall–Kier alpha value is -1.27. The highest BCUT2D eigenvalue weighted by atomic mass is 16.3. The first kappa shape index (κ1) is 9.82. The van der Waals surface area contributed by atoms with E-state index in [0.29, 0.717) is 12.8 Å². The summed E-state index contributed by atoms with van der Waals surface area (Å²) in [5.41, 5.74) is 0.723. The molecule has 3 heteroatoms. The largest absolute Gasteiger partial charge is 0.387 e. The molecule has 1 aromatic heterocycles. The molecule has 0 radical (unpaired) electrons. The molecular weight excluding hydrogens is 164 g/mol. The van der Waals surface area contributed by atoms with E-state index in [2.05, 4.69) is 16.9 Å². The first-order valence-electron chi connectivity index (χ1n) is 4.31. The minimum atomic E-state index is -0.484. The molecule has 0 aliphatic carbocycles. The van der Waals surface area contributed by atoms with E-state index in [0.717, 1.165) is 5.69 Å². The third-order valence-corrected chi connectivity index (χ3v) is 1.80. The summed E-state index contributed by atoms with van der Waals surface area (Å²) in [6, 6.07) is 1.82. The molecule has 0 aliphatic heterocycles. The summed E-state index contributed by atoms with van der Waals surface area (Å²) in [4.78, 5) is 0. The van der Waals surface area contributed by atoms with Crippen molar-refractivity contribution in [2.75, 3.05) is 0 Å². The van der Waals surface area contributed by atoms with Crippen molar-refractivity contribution in [2.24, 2.45) is 7.05 Å². The van der Waals surface area contributed by atoms with Crippen LogP contribution in [0.5, 0.6) is 0 Å². The average molecular weight is 178 g/mol. The van der Waals surface area contributed by atoms with E-state index in [1.54, 1.807) is 11.6 Å². The van der Waals surface area contributed by atoms with E-state index in [1.807, 2.05) is 19.3 Å². The predicted molar refractivity (Wildman–Crippen MR) is 50.9 cm³/mol. The number of aromatic nitrogens is 2. The van der Waals surface area contributed by atoms with E-state index in [-0.39, 0.29) is 0 Å². The smallest absolute Gasteiger partial charge is 0.0987 e. The van der Waals surface area contributed by atoms with Gasteiger partial charge in [-0.15, -0.1) is 11.8 Å². The molecule has 3 nitrogen and oxygen atoms in total. The van der Waals surface area contributed by atoms with Crippen molar-refractivity contribution < 1.29 is 5.11 Å². The first-order chi connectivity index (χ1) is 6.24. The molecule has 0 amide bonds. The summed E-state index contributed by atoms with van der Waals surface area (Å²) in [6.07, 6.45) is 2.71. The van der Waals surface area contributed by atoms with Gasteiger partial charge in [0.05, 0.1) is 11.8 Å². The molecular formula is C10H14N2O. The standard InChI is InChI=1S/C10H14N2O/c1-3-4-5-6-10(13)9-7-8-12(2)11-9/h7-8,10,13H,5-6H2,1-2H3. The molecule has 13 heavy (non-hydrogen) atoms. The van der Waals surface area contributed by atoms with Crippen molar-refractivity contribution in [2.45, 2.75) is 25.9 Å². The van der Waals surface area contributed by atoms with Gasteiger partial charge in [0.1, 0.15) is 0 Å². The molecule has 0 saturated heterocycles. The minimum Gasteiger partial charge on any atom is -0.387 e. The molecule has 1 atom stereocenters. The van der Waals surface area contributed by atoms with Crippen molar-refractivity contribution in [3.8, 4) is 11.8 Å². The SMILES string of the molecule is CC#CCCC(O)c1ccn(C)n1. The highest BCUT2D eigenvalue weighted by molar-refractivity contribution is 5.04. The van der Waals surface area contributed by atoms with Gasteiger partial charge in [0.2, 0.25) is 0 Å². The monoisotopic (exact) mass is 178 g/mol. The van der Waals surface area contributed by atoms with Gasteiger partial charge in [-0.1, -0.05) is 0 Å². The van der Waals surface area contributed by atoms with Crippen LogP contribution in [0.1, 0.15) is 31.6 Å². The predicted octanol–water partition coefficient (Wildman–Crippen LogP) is 1.26. The second-order valence-corrected chi connectivity index (χ2v) is 2.90. The lowest BCUT2D eigenvalue weighted by Crippen LogP contribution is -1.99. The van der Waals surface area contributed by atoms with Gasteiger partial charge in [-0.2, -0.15) is 5.10 Å². The Kier molecular flexibility index (Phi) is 3.53. The van der Waals surface area contributed by atoms with Crippen LogP contribution in [-0.4, -0.2) is 14.9 Å². The van der Waals surface area contributed by atoms with Gasteiger partial charge in [-0.3, -0.25) is 4.68 Å². The number of nitrogens with zero attached hydrogens (tertiary/aromatic N) is 2. The zero-order valence-corrected chi connectivity index (χ0v) is 7.99. The van der Waals surface area contributed by atoms with E-state index < -0.39 is 6.10 Å². The molecule has 1 aromatic rings. The number of hydrogen-bond acceptors (Lipinski definition) is 2. The molecule has 1 unspecified atom stereocenters. The summed E-state index contributed by atoms with van der Waals surface area (Å²) in [5.74, 6) is 5.70. The molecule has 0 spiro atoms. The van der Waals surface area contributed by atoms with Gasteiger partial charge < -0.3 is 5.11 Å². The van der Waals surface area contributed by atoms with Crippen molar-refractivity contribution in [3.63, 3.8) is 0 Å². The topological polar surface area (TPSA) is 38.0 Å². The fourth-order valence-electron chi connectivity index (χ4n) is 1.09. The van der Waals surface area contributed by atoms with Crippen LogP contribution in [0.4, 0.5) is 0 Å². The summed E-state index contributed by atoms with van der Waals surface area (Å²) in [7, 11) is 1.84. The van der Waals surface area contributed by atoms with Crippen LogP contribution >= 0.6 is 0 Å². The van der Waals surface area contributed by atoms with Crippen LogP contribution in [0.2, 0.25) is 0 Å². The zero-order chi connectivity index (χ0) is 9.68. The van der Waals surface area contributed by atoms with Crippen LogP contribution < -0.4 is 0 Å². The molecule has 0 aliphatic rings. The molecule has 0 fully saturated rings. The Morgan fingerprint density at radius 2 is 2.46 bits per heavy atom. The number of rotatable bonds is 3. The number of aliphatic hydroxyl groups is 1. The Morgan fingerprint density at radius 3 is 3.00 bits per heavy atom. The highest BCUT2D eigenvalue weighted by Crippen LogP contribution is 2.14. The van der Waals surface area contributed by atoms with Gasteiger partial charge in [0.25, 0.3) is 0 Å². The van der Waals surface area contributed by atoms with Crippen LogP contribution in [-0.2, 0) is 7.05 Å². The van der Waals surface area contributed by atoms with Crippen molar-refractivity contribution in [1.82, 2.24) is 9.78 Å². The molecule has 1 rings (SSSR count). The van der Waals surface area contributed by atoms with E-state index in [4.69, 9.17) is 0 Å². The molecule has 70 valence electrons. The van der Waals surface area contributed by atoms with Crippen LogP contribution in [0.3, 0.4) is 0 Å². The number of hydrogen-bond donors (Lipinski definition) is 1. The summed E-state index contributed by atoms with van der Waals surface area (Å²) in [5, 5.41) is 13.7. The number of aliphatic hydroxyl groups excluding tert-OH is 1. The molecule has 1 heterocycles. The summed E-state index contributed by atoms with van der Waals surface area (Å²) < 4.78 is 1.68. The molecule has 0 bridgehead atoms. The van der Waals surface area contributed by atoms with Crippen molar-refractivity contribution in [3.05, 3.63) is 18.0 Å². The van der Waals surface area contributed by atoms with Crippen molar-refractivity contribution >= 4 is 0 Å². The second-order valence-electron chi connectivity index (χ2n) is 2.90. The van der Waals surface area contributed by atoms with E-state index in [1.165, 1.54) is 0 Å². The Bertz CT molecular complexity index is 319. The van der Waals surface area contributed by atoms with E-state index >= 15 is 0 Å². The van der Waals surface area contributed by atoms with Gasteiger partial charge in [-0.05, 0) is 19.4 Å². The maximum absolute atomic E-state index is 9.62. The summed E-state index contributed by atoms with van der Waals surface area (Å²) in [6.45, 7) is 1.80. The first-order valence-corrected chi connectivity index (χ1v) is 4.31. The van der Waals surface area contributed by atoms with Gasteiger partial charge in [0, 0.05) is 19.7 Å². The van der Waals surface area contributed by atoms with Gasteiger partial charge in [-0.25, -0.2) is 0 Å². The third kappa shape index (κ3) is 2.92. The fraction of sp³-hybridized carbons (Fsp3) is 0.500. The maximum Gasteiger partial charge on any atom is 0.0987 e. The lowest BCUT2D eigenvalue weighted by molar-refractivity contribution is 0.164. The second kappa shape index (κ2) is 4.68. The molecule has 0 aromatic carbocycles. The third-order valence-electron chi connectivity index (χ3n) is 1.80. The normalized spacial score (nSPS) is 11.9. The van der Waals surface area contributed by atoms with Gasteiger partial charge in [0.15, 0.2) is 0 Å². The maximum atomic E-state index is 9.62. The summed E-state index contributed by atoms with van der Waals surface area (Å²) >= 11 is 0. The van der Waals surface area contributed by atoms with Crippen LogP contribution in [0, 0.1) is 11.8 Å². The Morgan fingerprint density at radius 1 is 1.69 bits per heavy atom. The Balaban J connectivity index is 2.47. The van der Waals surface area contributed by atoms with Gasteiger partial charge >= 0.3 is 0 Å². The number of aryl methyl sites for hydroxylation is 1.